The number of imidazole rings is 1. The van der Waals surface area contributed by atoms with Gasteiger partial charge in [-0.25, -0.2) is 0 Å². The van der Waals surface area contributed by atoms with Crippen LogP contribution in [-0.2, 0) is 11.8 Å². The molecule has 1 fully saturated rings. The maximum absolute atomic E-state index is 10.9. The SMILES string of the molecule is Cc1nc([N+](=O)[O-])c(NCC2COCCN2)n1C. The van der Waals surface area contributed by atoms with Gasteiger partial charge >= 0.3 is 5.82 Å². The van der Waals surface area contributed by atoms with Crippen molar-refractivity contribution in [3.05, 3.63) is 15.9 Å². The van der Waals surface area contributed by atoms with E-state index in [4.69, 9.17) is 4.74 Å². The second-order valence-corrected chi connectivity index (χ2v) is 4.25. The summed E-state index contributed by atoms with van der Waals surface area (Å²) in [5.74, 6) is 0.911. The molecule has 8 heteroatoms. The van der Waals surface area contributed by atoms with Gasteiger partial charge in [0.2, 0.25) is 11.6 Å². The lowest BCUT2D eigenvalue weighted by molar-refractivity contribution is -0.388. The number of nitro groups is 1. The third-order valence-electron chi connectivity index (χ3n) is 2.99. The summed E-state index contributed by atoms with van der Waals surface area (Å²) in [7, 11) is 1.75. The zero-order chi connectivity index (χ0) is 13.1. The summed E-state index contributed by atoms with van der Waals surface area (Å²) in [6.07, 6.45) is 0. The molecule has 0 saturated carbocycles. The normalized spacial score (nSPS) is 19.8. The minimum atomic E-state index is -0.472. The lowest BCUT2D eigenvalue weighted by Crippen LogP contribution is -2.45. The van der Waals surface area contributed by atoms with Crippen molar-refractivity contribution in [1.82, 2.24) is 14.9 Å². The van der Waals surface area contributed by atoms with Crippen LogP contribution >= 0.6 is 0 Å². The monoisotopic (exact) mass is 255 g/mol. The molecule has 2 rings (SSSR count). The molecule has 1 saturated heterocycles. The molecular formula is C10H17N5O3. The second kappa shape index (κ2) is 5.32. The highest BCUT2D eigenvalue weighted by Crippen LogP contribution is 2.23. The molecule has 0 spiro atoms. The standard InChI is InChI=1S/C10H17N5O3/c1-7-13-10(15(16)17)9(14(7)2)12-5-8-6-18-4-3-11-8/h8,11-12H,3-6H2,1-2H3. The number of hydrogen-bond donors (Lipinski definition) is 2. The van der Waals surface area contributed by atoms with Crippen LogP contribution in [0, 0.1) is 17.0 Å². The maximum Gasteiger partial charge on any atom is 0.406 e. The van der Waals surface area contributed by atoms with Gasteiger partial charge in [-0.1, -0.05) is 0 Å². The molecule has 0 amide bonds. The van der Waals surface area contributed by atoms with Crippen LogP contribution in [0.4, 0.5) is 11.6 Å². The van der Waals surface area contributed by atoms with E-state index in [1.54, 1.807) is 18.5 Å². The Morgan fingerprint density at radius 1 is 1.72 bits per heavy atom. The van der Waals surface area contributed by atoms with Crippen LogP contribution in [0.2, 0.25) is 0 Å². The predicted molar refractivity (Wildman–Crippen MR) is 65.7 cm³/mol. The van der Waals surface area contributed by atoms with Crippen molar-refractivity contribution in [2.75, 3.05) is 31.6 Å². The Labute approximate surface area is 104 Å². The number of ether oxygens (including phenoxy) is 1. The summed E-state index contributed by atoms with van der Waals surface area (Å²) in [5, 5.41) is 17.2. The molecule has 100 valence electrons. The molecule has 2 heterocycles. The largest absolute Gasteiger partial charge is 0.406 e. The van der Waals surface area contributed by atoms with E-state index >= 15 is 0 Å². The first-order valence-corrected chi connectivity index (χ1v) is 5.82. The summed E-state index contributed by atoms with van der Waals surface area (Å²) in [6, 6.07) is 0.161. The van der Waals surface area contributed by atoms with Crippen LogP contribution in [0.3, 0.4) is 0 Å². The lowest BCUT2D eigenvalue weighted by Gasteiger charge is -2.24. The Kier molecular flexibility index (Phi) is 3.78. The fraction of sp³-hybridized carbons (Fsp3) is 0.700. The summed E-state index contributed by atoms with van der Waals surface area (Å²) >= 11 is 0. The van der Waals surface area contributed by atoms with Gasteiger partial charge in [-0.05, 0) is 9.91 Å². The molecule has 1 aliphatic heterocycles. The zero-order valence-electron chi connectivity index (χ0n) is 10.5. The fourth-order valence-electron chi connectivity index (χ4n) is 1.89. The molecule has 0 bridgehead atoms. The van der Waals surface area contributed by atoms with E-state index in [1.165, 1.54) is 0 Å². The molecular weight excluding hydrogens is 238 g/mol. The van der Waals surface area contributed by atoms with Gasteiger partial charge in [0.1, 0.15) is 0 Å². The summed E-state index contributed by atoms with van der Waals surface area (Å²) < 4.78 is 7.01. The van der Waals surface area contributed by atoms with E-state index in [-0.39, 0.29) is 11.9 Å². The van der Waals surface area contributed by atoms with Crippen LogP contribution in [0.25, 0.3) is 0 Å². The molecule has 8 nitrogen and oxygen atoms in total. The maximum atomic E-state index is 10.9. The predicted octanol–water partition coefficient (Wildman–Crippen LogP) is 0.0370. The summed E-state index contributed by atoms with van der Waals surface area (Å²) in [5.41, 5.74) is 0. The molecule has 0 radical (unpaired) electrons. The average molecular weight is 255 g/mol. The Morgan fingerprint density at radius 3 is 3.11 bits per heavy atom. The highest BCUT2D eigenvalue weighted by molar-refractivity contribution is 5.53. The van der Waals surface area contributed by atoms with Crippen LogP contribution in [0.1, 0.15) is 5.82 Å². The van der Waals surface area contributed by atoms with Gasteiger partial charge in [0.15, 0.2) is 0 Å². The summed E-state index contributed by atoms with van der Waals surface area (Å²) in [4.78, 5) is 14.3. The minimum Gasteiger partial charge on any atom is -0.378 e. The van der Waals surface area contributed by atoms with Gasteiger partial charge in [0, 0.05) is 33.1 Å². The van der Waals surface area contributed by atoms with Gasteiger partial charge in [0.25, 0.3) is 0 Å². The molecule has 18 heavy (non-hydrogen) atoms. The Morgan fingerprint density at radius 2 is 2.50 bits per heavy atom. The topological polar surface area (TPSA) is 94.2 Å². The van der Waals surface area contributed by atoms with Gasteiger partial charge in [0.05, 0.1) is 13.2 Å². The average Bonchev–Trinajstić information content (AvgIpc) is 2.65. The van der Waals surface area contributed by atoms with E-state index in [0.29, 0.717) is 31.4 Å². The van der Waals surface area contributed by atoms with Crippen LogP contribution < -0.4 is 10.6 Å². The number of nitrogens with zero attached hydrogens (tertiary/aromatic N) is 3. The molecule has 1 unspecified atom stereocenters. The van der Waals surface area contributed by atoms with E-state index in [0.717, 1.165) is 6.54 Å². The van der Waals surface area contributed by atoms with E-state index in [2.05, 4.69) is 15.6 Å². The molecule has 1 aromatic heterocycles. The van der Waals surface area contributed by atoms with Crippen molar-refractivity contribution < 1.29 is 9.66 Å². The van der Waals surface area contributed by atoms with Crippen LogP contribution in [0.5, 0.6) is 0 Å². The molecule has 2 N–H and O–H groups in total. The first-order valence-electron chi connectivity index (χ1n) is 5.82. The number of anilines is 1. The Bertz CT molecular complexity index is 439. The zero-order valence-corrected chi connectivity index (χ0v) is 10.5. The van der Waals surface area contributed by atoms with Crippen molar-refractivity contribution in [2.24, 2.45) is 7.05 Å². The van der Waals surface area contributed by atoms with Crippen molar-refractivity contribution in [3.8, 4) is 0 Å². The Balaban J connectivity index is 2.05. The van der Waals surface area contributed by atoms with Crippen molar-refractivity contribution in [2.45, 2.75) is 13.0 Å². The van der Waals surface area contributed by atoms with Gasteiger partial charge in [-0.3, -0.25) is 4.57 Å². The molecule has 1 atom stereocenters. The quantitative estimate of drug-likeness (QED) is 0.582. The van der Waals surface area contributed by atoms with Gasteiger partial charge in [-0.2, -0.15) is 0 Å². The van der Waals surface area contributed by atoms with E-state index in [9.17, 15) is 10.1 Å². The second-order valence-electron chi connectivity index (χ2n) is 4.25. The van der Waals surface area contributed by atoms with Crippen LogP contribution in [0.15, 0.2) is 0 Å². The number of aromatic nitrogens is 2. The van der Waals surface area contributed by atoms with Crippen LogP contribution in [-0.4, -0.2) is 46.8 Å². The number of nitrogens with one attached hydrogen (secondary N) is 2. The van der Waals surface area contributed by atoms with E-state index in [1.807, 2.05) is 0 Å². The van der Waals surface area contributed by atoms with Crippen molar-refractivity contribution >= 4 is 11.6 Å². The molecule has 0 aromatic carbocycles. The van der Waals surface area contributed by atoms with Crippen molar-refractivity contribution in [1.29, 1.82) is 0 Å². The smallest absolute Gasteiger partial charge is 0.378 e. The molecule has 1 aliphatic rings. The highest BCUT2D eigenvalue weighted by atomic mass is 16.6. The number of aryl methyl sites for hydroxylation is 1. The van der Waals surface area contributed by atoms with Crippen molar-refractivity contribution in [3.63, 3.8) is 0 Å². The lowest BCUT2D eigenvalue weighted by atomic mass is 10.3. The minimum absolute atomic E-state index is 0.133. The first kappa shape index (κ1) is 12.8. The third-order valence-corrected chi connectivity index (χ3v) is 2.99. The Hall–Kier alpha value is -1.67. The molecule has 0 aliphatic carbocycles. The fourth-order valence-corrected chi connectivity index (χ4v) is 1.89. The number of hydrogen-bond acceptors (Lipinski definition) is 6. The highest BCUT2D eigenvalue weighted by Gasteiger charge is 2.24. The number of morpholine rings is 1. The van der Waals surface area contributed by atoms with Gasteiger partial charge < -0.3 is 25.5 Å². The third kappa shape index (κ3) is 2.59. The summed E-state index contributed by atoms with van der Waals surface area (Å²) in [6.45, 7) is 4.43. The number of rotatable bonds is 4. The first-order chi connectivity index (χ1) is 8.59. The van der Waals surface area contributed by atoms with E-state index < -0.39 is 4.92 Å². The molecule has 1 aromatic rings. The van der Waals surface area contributed by atoms with Gasteiger partial charge in [-0.15, -0.1) is 0 Å².